The van der Waals surface area contributed by atoms with Gasteiger partial charge in [0.05, 0.1) is 19.1 Å². The largest absolute Gasteiger partial charge is 0.497 e. The number of ether oxygens (including phenoxy) is 1. The van der Waals surface area contributed by atoms with Gasteiger partial charge in [-0.3, -0.25) is 4.79 Å². The molecule has 1 saturated heterocycles. The van der Waals surface area contributed by atoms with E-state index in [-0.39, 0.29) is 17.9 Å². The number of rotatable bonds is 5. The lowest BCUT2D eigenvalue weighted by atomic mass is 9.85. The van der Waals surface area contributed by atoms with Gasteiger partial charge in [-0.05, 0) is 24.1 Å². The summed E-state index contributed by atoms with van der Waals surface area (Å²) in [6, 6.07) is 7.27. The molecule has 1 amide bonds. The topological polar surface area (TPSA) is 46.6 Å². The first-order chi connectivity index (χ1) is 8.71. The number of benzene rings is 1. The molecule has 18 heavy (non-hydrogen) atoms. The van der Waals surface area contributed by atoms with Crippen LogP contribution in [-0.4, -0.2) is 30.2 Å². The zero-order chi connectivity index (χ0) is 13.1. The monoisotopic (exact) mass is 247 g/mol. The molecule has 0 spiro atoms. The molecular weight excluding hydrogens is 230 g/mol. The zero-order valence-corrected chi connectivity index (χ0v) is 10.6. The smallest absolute Gasteiger partial charge is 0.229 e. The lowest BCUT2D eigenvalue weighted by molar-refractivity contribution is -0.160. The quantitative estimate of drug-likeness (QED) is 0.587. The summed E-state index contributed by atoms with van der Waals surface area (Å²) in [7, 11) is 1.61. The summed E-state index contributed by atoms with van der Waals surface area (Å²) in [6.45, 7) is 2.42. The molecule has 0 aromatic heterocycles. The van der Waals surface area contributed by atoms with E-state index >= 15 is 0 Å². The standard InChI is InChI=1S/C14H17NO3/c1-3-12-13(9-16)15(14(12)17)8-10-4-6-11(18-2)7-5-10/h4-7,9,12-13H,3,8H2,1-2H3/t12-,13-/m0/s1. The lowest BCUT2D eigenvalue weighted by Crippen LogP contribution is -2.60. The molecule has 0 radical (unpaired) electrons. The van der Waals surface area contributed by atoms with Crippen LogP contribution in [0.5, 0.6) is 5.75 Å². The molecule has 0 saturated carbocycles. The molecule has 1 aliphatic rings. The van der Waals surface area contributed by atoms with Crippen molar-refractivity contribution in [2.45, 2.75) is 25.9 Å². The summed E-state index contributed by atoms with van der Waals surface area (Å²) < 4.78 is 5.08. The Morgan fingerprint density at radius 2 is 2.00 bits per heavy atom. The molecular formula is C14H17NO3. The van der Waals surface area contributed by atoms with Crippen LogP contribution in [0.4, 0.5) is 0 Å². The van der Waals surface area contributed by atoms with Crippen LogP contribution in [-0.2, 0) is 16.1 Å². The van der Waals surface area contributed by atoms with Crippen molar-refractivity contribution >= 4 is 12.2 Å². The van der Waals surface area contributed by atoms with Gasteiger partial charge in [0, 0.05) is 6.54 Å². The maximum Gasteiger partial charge on any atom is 0.229 e. The van der Waals surface area contributed by atoms with E-state index in [1.165, 1.54) is 0 Å². The Labute approximate surface area is 107 Å². The van der Waals surface area contributed by atoms with Crippen molar-refractivity contribution < 1.29 is 14.3 Å². The van der Waals surface area contributed by atoms with Gasteiger partial charge in [-0.15, -0.1) is 0 Å². The molecule has 1 aromatic carbocycles. The first kappa shape index (κ1) is 12.6. The van der Waals surface area contributed by atoms with E-state index in [2.05, 4.69) is 0 Å². The van der Waals surface area contributed by atoms with Crippen LogP contribution < -0.4 is 4.74 Å². The minimum Gasteiger partial charge on any atom is -0.497 e. The van der Waals surface area contributed by atoms with Gasteiger partial charge in [-0.25, -0.2) is 0 Å². The summed E-state index contributed by atoms with van der Waals surface area (Å²) in [5.74, 6) is 0.734. The number of nitrogens with zero attached hydrogens (tertiary/aromatic N) is 1. The predicted molar refractivity (Wildman–Crippen MR) is 67.2 cm³/mol. The molecule has 0 aliphatic carbocycles. The normalized spacial score (nSPS) is 22.6. The van der Waals surface area contributed by atoms with Gasteiger partial charge in [-0.1, -0.05) is 19.1 Å². The van der Waals surface area contributed by atoms with Gasteiger partial charge >= 0.3 is 0 Å². The SMILES string of the molecule is CC[C@@H]1C(=O)N(Cc2ccc(OC)cc2)[C@H]1C=O. The molecule has 4 heteroatoms. The average Bonchev–Trinajstić information content (AvgIpc) is 2.42. The van der Waals surface area contributed by atoms with E-state index in [0.29, 0.717) is 6.54 Å². The Kier molecular flexibility index (Phi) is 3.65. The maximum atomic E-state index is 11.8. The van der Waals surface area contributed by atoms with E-state index in [4.69, 9.17) is 4.74 Å². The highest BCUT2D eigenvalue weighted by atomic mass is 16.5. The number of likely N-dealkylation sites (tertiary alicyclic amines) is 1. The molecule has 2 rings (SSSR count). The van der Waals surface area contributed by atoms with Crippen LogP contribution in [0.3, 0.4) is 0 Å². The van der Waals surface area contributed by atoms with E-state index in [1.54, 1.807) is 12.0 Å². The third-order valence-corrected chi connectivity index (χ3v) is 3.46. The third kappa shape index (κ3) is 2.10. The first-order valence-electron chi connectivity index (χ1n) is 6.10. The predicted octanol–water partition coefficient (Wildman–Crippen LogP) is 1.63. The Morgan fingerprint density at radius 3 is 2.50 bits per heavy atom. The second kappa shape index (κ2) is 5.21. The van der Waals surface area contributed by atoms with Gasteiger partial charge in [-0.2, -0.15) is 0 Å². The zero-order valence-electron chi connectivity index (χ0n) is 10.6. The van der Waals surface area contributed by atoms with E-state index < -0.39 is 0 Å². The molecule has 4 nitrogen and oxygen atoms in total. The fraction of sp³-hybridized carbons (Fsp3) is 0.429. The minimum atomic E-state index is -0.260. The van der Waals surface area contributed by atoms with Gasteiger partial charge in [0.25, 0.3) is 0 Å². The van der Waals surface area contributed by atoms with Gasteiger partial charge in [0.1, 0.15) is 12.0 Å². The number of hydrogen-bond donors (Lipinski definition) is 0. The first-order valence-corrected chi connectivity index (χ1v) is 6.10. The molecule has 0 bridgehead atoms. The van der Waals surface area contributed by atoms with Gasteiger partial charge in [0.2, 0.25) is 5.91 Å². The summed E-state index contributed by atoms with van der Waals surface area (Å²) in [4.78, 5) is 24.4. The van der Waals surface area contributed by atoms with Gasteiger partial charge < -0.3 is 14.4 Å². The highest BCUT2D eigenvalue weighted by Crippen LogP contribution is 2.29. The summed E-state index contributed by atoms with van der Waals surface area (Å²) >= 11 is 0. The second-order valence-corrected chi connectivity index (χ2v) is 4.46. The highest BCUT2D eigenvalue weighted by Gasteiger charge is 2.45. The van der Waals surface area contributed by atoms with Crippen molar-refractivity contribution in [3.05, 3.63) is 29.8 Å². The fourth-order valence-corrected chi connectivity index (χ4v) is 2.34. The van der Waals surface area contributed by atoms with Crippen molar-refractivity contribution in [1.29, 1.82) is 0 Å². The highest BCUT2D eigenvalue weighted by molar-refractivity contribution is 5.92. The molecule has 1 aliphatic heterocycles. The Balaban J connectivity index is 2.05. The summed E-state index contributed by atoms with van der Waals surface area (Å²) in [5, 5.41) is 0. The van der Waals surface area contributed by atoms with Crippen molar-refractivity contribution in [2.75, 3.05) is 7.11 Å². The van der Waals surface area contributed by atoms with Crippen LogP contribution in [0.15, 0.2) is 24.3 Å². The van der Waals surface area contributed by atoms with Gasteiger partial charge in [0.15, 0.2) is 0 Å². The van der Waals surface area contributed by atoms with Crippen LogP contribution in [0.1, 0.15) is 18.9 Å². The number of methoxy groups -OCH3 is 1. The molecule has 0 N–H and O–H groups in total. The number of amides is 1. The van der Waals surface area contributed by atoms with Crippen molar-refractivity contribution in [3.8, 4) is 5.75 Å². The van der Waals surface area contributed by atoms with Crippen molar-refractivity contribution in [3.63, 3.8) is 0 Å². The second-order valence-electron chi connectivity index (χ2n) is 4.46. The molecule has 2 atom stereocenters. The Hall–Kier alpha value is -1.84. The number of aldehydes is 1. The molecule has 1 fully saturated rings. The van der Waals surface area contributed by atoms with E-state index in [0.717, 1.165) is 24.0 Å². The maximum absolute atomic E-state index is 11.8. The fourth-order valence-electron chi connectivity index (χ4n) is 2.34. The number of β-lactam (4-membered cyclic amide) rings is 1. The number of carbonyl (C=O) groups excluding carboxylic acids is 2. The Bertz CT molecular complexity index is 441. The molecule has 1 heterocycles. The number of hydrogen-bond acceptors (Lipinski definition) is 3. The summed E-state index contributed by atoms with van der Waals surface area (Å²) in [6.07, 6.45) is 1.60. The lowest BCUT2D eigenvalue weighted by Gasteiger charge is -2.44. The van der Waals surface area contributed by atoms with Crippen LogP contribution in [0, 0.1) is 5.92 Å². The third-order valence-electron chi connectivity index (χ3n) is 3.46. The Morgan fingerprint density at radius 1 is 1.33 bits per heavy atom. The van der Waals surface area contributed by atoms with Crippen LogP contribution in [0.25, 0.3) is 0 Å². The number of carbonyl (C=O) groups is 2. The van der Waals surface area contributed by atoms with Crippen LogP contribution >= 0.6 is 0 Å². The van der Waals surface area contributed by atoms with Crippen LogP contribution in [0.2, 0.25) is 0 Å². The molecule has 1 aromatic rings. The van der Waals surface area contributed by atoms with Crippen molar-refractivity contribution in [1.82, 2.24) is 4.90 Å². The minimum absolute atomic E-state index is 0.0745. The van der Waals surface area contributed by atoms with E-state index in [1.807, 2.05) is 31.2 Å². The summed E-state index contributed by atoms with van der Waals surface area (Å²) in [5.41, 5.74) is 1.01. The molecule has 96 valence electrons. The molecule has 0 unspecified atom stereocenters. The van der Waals surface area contributed by atoms with E-state index in [9.17, 15) is 9.59 Å². The van der Waals surface area contributed by atoms with Crippen molar-refractivity contribution in [2.24, 2.45) is 5.92 Å². The average molecular weight is 247 g/mol.